The van der Waals surface area contributed by atoms with E-state index < -0.39 is 12.3 Å². The number of halogens is 1. The van der Waals surface area contributed by atoms with Crippen molar-refractivity contribution in [3.8, 4) is 0 Å². The zero-order valence-corrected chi connectivity index (χ0v) is 10.2. The maximum Gasteiger partial charge on any atom is 0.244 e. The molecule has 100 valence electrons. The van der Waals surface area contributed by atoms with Gasteiger partial charge in [0.25, 0.3) is 0 Å². The summed E-state index contributed by atoms with van der Waals surface area (Å²) in [7, 11) is 0. The van der Waals surface area contributed by atoms with Gasteiger partial charge in [0.2, 0.25) is 5.91 Å². The van der Waals surface area contributed by atoms with Crippen LogP contribution in [0.25, 0.3) is 10.9 Å². The van der Waals surface area contributed by atoms with Crippen LogP contribution in [0.3, 0.4) is 0 Å². The van der Waals surface area contributed by atoms with Crippen LogP contribution in [0, 0.1) is 0 Å². The average molecular weight is 263 g/mol. The van der Waals surface area contributed by atoms with Crippen molar-refractivity contribution in [1.82, 2.24) is 14.7 Å². The summed E-state index contributed by atoms with van der Waals surface area (Å²) in [5, 5.41) is 14.5. The van der Waals surface area contributed by atoms with Gasteiger partial charge in [-0.2, -0.15) is 5.10 Å². The molecule has 3 rings (SSSR count). The summed E-state index contributed by atoms with van der Waals surface area (Å²) in [4.78, 5) is 13.3. The van der Waals surface area contributed by atoms with Crippen molar-refractivity contribution < 1.29 is 14.3 Å². The number of carbonyl (C=O) groups excluding carboxylic acids is 1. The van der Waals surface area contributed by atoms with E-state index in [0.29, 0.717) is 0 Å². The first-order valence-corrected chi connectivity index (χ1v) is 6.15. The van der Waals surface area contributed by atoms with Gasteiger partial charge in [0, 0.05) is 18.1 Å². The van der Waals surface area contributed by atoms with Gasteiger partial charge in [-0.1, -0.05) is 18.2 Å². The molecule has 6 heteroatoms. The molecule has 0 spiro atoms. The number of hydrogen-bond acceptors (Lipinski definition) is 3. The molecule has 0 radical (unpaired) electrons. The SMILES string of the molecule is O=C(Cn1cc2ccccc2n1)N1C[C@@H](O)[C@H](F)C1. The van der Waals surface area contributed by atoms with Gasteiger partial charge in [-0.15, -0.1) is 0 Å². The molecule has 0 bridgehead atoms. The van der Waals surface area contributed by atoms with Crippen molar-refractivity contribution in [2.24, 2.45) is 0 Å². The van der Waals surface area contributed by atoms with Crippen LogP contribution in [-0.2, 0) is 11.3 Å². The van der Waals surface area contributed by atoms with E-state index in [1.807, 2.05) is 24.3 Å². The Morgan fingerprint density at radius 2 is 2.21 bits per heavy atom. The van der Waals surface area contributed by atoms with Gasteiger partial charge in [0.15, 0.2) is 0 Å². The summed E-state index contributed by atoms with van der Waals surface area (Å²) >= 11 is 0. The summed E-state index contributed by atoms with van der Waals surface area (Å²) in [6.07, 6.45) is -0.631. The number of aliphatic hydroxyl groups is 1. The minimum atomic E-state index is -1.35. The Labute approximate surface area is 109 Å². The highest BCUT2D eigenvalue weighted by atomic mass is 19.1. The van der Waals surface area contributed by atoms with Gasteiger partial charge >= 0.3 is 0 Å². The number of rotatable bonds is 2. The second-order valence-electron chi connectivity index (χ2n) is 4.77. The van der Waals surface area contributed by atoms with Gasteiger partial charge in [0.1, 0.15) is 18.8 Å². The first-order chi connectivity index (χ1) is 9.13. The molecular formula is C13H14FN3O2. The van der Waals surface area contributed by atoms with Crippen molar-refractivity contribution in [3.63, 3.8) is 0 Å². The Bertz CT molecular complexity index is 570. The smallest absolute Gasteiger partial charge is 0.244 e. The number of nitrogens with zero attached hydrogens (tertiary/aromatic N) is 3. The Morgan fingerprint density at radius 1 is 1.42 bits per heavy atom. The molecule has 5 nitrogen and oxygen atoms in total. The molecule has 19 heavy (non-hydrogen) atoms. The van der Waals surface area contributed by atoms with Gasteiger partial charge in [-0.3, -0.25) is 9.48 Å². The predicted molar refractivity (Wildman–Crippen MR) is 67.2 cm³/mol. The maximum absolute atomic E-state index is 13.2. The number of amides is 1. The van der Waals surface area contributed by atoms with E-state index in [1.165, 1.54) is 4.90 Å². The minimum Gasteiger partial charge on any atom is -0.388 e. The summed E-state index contributed by atoms with van der Waals surface area (Å²) in [5.74, 6) is -0.230. The number of carbonyl (C=O) groups is 1. The fourth-order valence-electron chi connectivity index (χ4n) is 2.29. The van der Waals surface area contributed by atoms with E-state index in [1.54, 1.807) is 10.9 Å². The van der Waals surface area contributed by atoms with Gasteiger partial charge < -0.3 is 10.0 Å². The Balaban J connectivity index is 1.72. The summed E-state index contributed by atoms with van der Waals surface area (Å²) in [6, 6.07) is 7.57. The predicted octanol–water partition coefficient (Wildman–Crippen LogP) is 0.577. The van der Waals surface area contributed by atoms with Crippen LogP contribution in [0.4, 0.5) is 4.39 Å². The van der Waals surface area contributed by atoms with Gasteiger partial charge in [0.05, 0.1) is 12.1 Å². The molecule has 0 saturated carbocycles. The third kappa shape index (κ3) is 2.31. The molecule has 2 heterocycles. The summed E-state index contributed by atoms with van der Waals surface area (Å²) in [5.41, 5.74) is 0.820. The topological polar surface area (TPSA) is 58.4 Å². The molecule has 1 aromatic carbocycles. The van der Waals surface area contributed by atoms with E-state index in [4.69, 9.17) is 0 Å². The maximum atomic E-state index is 13.2. The molecule has 1 fully saturated rings. The highest BCUT2D eigenvalue weighted by Crippen LogP contribution is 2.15. The van der Waals surface area contributed by atoms with Crippen LogP contribution >= 0.6 is 0 Å². The molecule has 1 aliphatic heterocycles. The number of hydrogen-bond donors (Lipinski definition) is 1. The van der Waals surface area contributed by atoms with Crippen LogP contribution < -0.4 is 0 Å². The van der Waals surface area contributed by atoms with E-state index >= 15 is 0 Å². The zero-order chi connectivity index (χ0) is 13.4. The van der Waals surface area contributed by atoms with Crippen molar-refractivity contribution in [1.29, 1.82) is 0 Å². The zero-order valence-electron chi connectivity index (χ0n) is 10.2. The van der Waals surface area contributed by atoms with E-state index in [9.17, 15) is 14.3 Å². The van der Waals surface area contributed by atoms with E-state index in [2.05, 4.69) is 5.10 Å². The van der Waals surface area contributed by atoms with E-state index in [-0.39, 0.29) is 25.5 Å². The lowest BCUT2D eigenvalue weighted by molar-refractivity contribution is -0.131. The molecule has 1 aliphatic rings. The highest BCUT2D eigenvalue weighted by Gasteiger charge is 2.33. The van der Waals surface area contributed by atoms with Gasteiger partial charge in [-0.05, 0) is 6.07 Å². The van der Waals surface area contributed by atoms with Crippen molar-refractivity contribution in [3.05, 3.63) is 30.5 Å². The second-order valence-corrected chi connectivity index (χ2v) is 4.77. The molecular weight excluding hydrogens is 249 g/mol. The Morgan fingerprint density at radius 3 is 2.89 bits per heavy atom. The first-order valence-electron chi connectivity index (χ1n) is 6.15. The van der Waals surface area contributed by atoms with E-state index in [0.717, 1.165) is 10.9 Å². The third-order valence-corrected chi connectivity index (χ3v) is 3.33. The standard InChI is InChI=1S/C13H14FN3O2/c14-10-6-16(7-12(10)18)13(19)8-17-5-9-3-1-2-4-11(9)15-17/h1-5,10,12,18H,6-8H2/t10-,12-/m1/s1. The normalized spacial score (nSPS) is 23.2. The number of β-amino-alcohol motifs (C(OH)–C–C–N with tert-alkyl or cyclic N) is 1. The Kier molecular flexibility index (Phi) is 2.94. The monoisotopic (exact) mass is 263 g/mol. The molecule has 2 aromatic rings. The number of likely N-dealkylation sites (tertiary alicyclic amines) is 1. The first kappa shape index (κ1) is 12.1. The van der Waals surface area contributed by atoms with Crippen molar-refractivity contribution in [2.75, 3.05) is 13.1 Å². The molecule has 0 unspecified atom stereocenters. The molecule has 1 aromatic heterocycles. The van der Waals surface area contributed by atoms with Crippen LogP contribution in [0.5, 0.6) is 0 Å². The quantitative estimate of drug-likeness (QED) is 0.862. The minimum absolute atomic E-state index is 0.0409. The summed E-state index contributed by atoms with van der Waals surface area (Å²) < 4.78 is 14.7. The molecule has 1 amide bonds. The molecule has 0 aliphatic carbocycles. The number of aliphatic hydroxyl groups excluding tert-OH is 1. The third-order valence-electron chi connectivity index (χ3n) is 3.33. The number of fused-ring (bicyclic) bond motifs is 1. The van der Waals surface area contributed by atoms with Crippen molar-refractivity contribution in [2.45, 2.75) is 18.8 Å². The molecule has 1 N–H and O–H groups in total. The number of aromatic nitrogens is 2. The lowest BCUT2D eigenvalue weighted by atomic mass is 10.3. The van der Waals surface area contributed by atoms with Crippen LogP contribution in [0.15, 0.2) is 30.5 Å². The Hall–Kier alpha value is -1.95. The lowest BCUT2D eigenvalue weighted by Gasteiger charge is -2.14. The largest absolute Gasteiger partial charge is 0.388 e. The number of benzene rings is 1. The fourth-order valence-corrected chi connectivity index (χ4v) is 2.29. The number of alkyl halides is 1. The fraction of sp³-hybridized carbons (Fsp3) is 0.385. The molecule has 2 atom stereocenters. The lowest BCUT2D eigenvalue weighted by Crippen LogP contribution is -2.32. The average Bonchev–Trinajstić information content (AvgIpc) is 2.93. The second kappa shape index (κ2) is 4.62. The van der Waals surface area contributed by atoms with Crippen LogP contribution in [-0.4, -0.2) is 51.1 Å². The molecule has 1 saturated heterocycles. The van der Waals surface area contributed by atoms with Crippen LogP contribution in [0.1, 0.15) is 0 Å². The van der Waals surface area contributed by atoms with Crippen molar-refractivity contribution >= 4 is 16.8 Å². The highest BCUT2D eigenvalue weighted by molar-refractivity contribution is 5.80. The van der Waals surface area contributed by atoms with Crippen LogP contribution in [0.2, 0.25) is 0 Å². The van der Waals surface area contributed by atoms with Gasteiger partial charge in [-0.25, -0.2) is 4.39 Å². The summed E-state index contributed by atoms with van der Waals surface area (Å²) in [6.45, 7) is 0.0791.